The average molecular weight is 378 g/mol. The van der Waals surface area contributed by atoms with Crippen LogP contribution in [0.2, 0.25) is 5.02 Å². The molecule has 0 aromatic carbocycles. The van der Waals surface area contributed by atoms with Gasteiger partial charge in [0.15, 0.2) is 0 Å². The van der Waals surface area contributed by atoms with Crippen LogP contribution in [0.5, 0.6) is 0 Å². The molecule has 0 saturated carbocycles. The Morgan fingerprint density at radius 2 is 1.58 bits per heavy atom. The van der Waals surface area contributed by atoms with Gasteiger partial charge in [0.2, 0.25) is 0 Å². The van der Waals surface area contributed by atoms with Crippen molar-refractivity contribution in [1.29, 1.82) is 0 Å². The molecule has 9 nitrogen and oxygen atoms in total. The second kappa shape index (κ2) is 7.46. The van der Waals surface area contributed by atoms with Crippen molar-refractivity contribution in [2.75, 3.05) is 67.2 Å². The quantitative estimate of drug-likeness (QED) is 0.820. The number of aromatic amines is 1. The van der Waals surface area contributed by atoms with Gasteiger partial charge in [0.25, 0.3) is 5.56 Å². The van der Waals surface area contributed by atoms with Crippen LogP contribution >= 0.6 is 11.6 Å². The summed E-state index contributed by atoms with van der Waals surface area (Å²) in [5, 5.41) is 6.38. The van der Waals surface area contributed by atoms with Crippen LogP contribution in [0.3, 0.4) is 0 Å². The Morgan fingerprint density at radius 1 is 0.962 bits per heavy atom. The first-order valence-electron chi connectivity index (χ1n) is 8.60. The van der Waals surface area contributed by atoms with Gasteiger partial charge in [0.05, 0.1) is 25.1 Å². The first-order valence-corrected chi connectivity index (χ1v) is 8.98. The van der Waals surface area contributed by atoms with Crippen molar-refractivity contribution in [2.24, 2.45) is 0 Å². The number of rotatable bonds is 3. The summed E-state index contributed by atoms with van der Waals surface area (Å²) in [5.41, 5.74) is 0.310. The minimum absolute atomic E-state index is 0.185. The summed E-state index contributed by atoms with van der Waals surface area (Å²) in [6.07, 6.45) is 3.21. The van der Waals surface area contributed by atoms with E-state index < -0.39 is 0 Å². The molecule has 2 aromatic heterocycles. The Hall–Kier alpha value is -2.39. The predicted molar refractivity (Wildman–Crippen MR) is 99.4 cm³/mol. The summed E-state index contributed by atoms with van der Waals surface area (Å²) in [6.45, 7) is 6.18. The molecule has 2 aromatic rings. The molecule has 1 N–H and O–H groups in total. The second-order valence-corrected chi connectivity index (χ2v) is 6.58. The highest BCUT2D eigenvalue weighted by molar-refractivity contribution is 6.33. The van der Waals surface area contributed by atoms with Gasteiger partial charge < -0.3 is 19.4 Å². The van der Waals surface area contributed by atoms with Gasteiger partial charge in [-0.25, -0.2) is 15.1 Å². The van der Waals surface area contributed by atoms with E-state index in [1.54, 1.807) is 12.5 Å². The minimum Gasteiger partial charge on any atom is -0.378 e. The van der Waals surface area contributed by atoms with Crippen molar-refractivity contribution in [1.82, 2.24) is 20.2 Å². The topological polar surface area (TPSA) is 90.5 Å². The van der Waals surface area contributed by atoms with Crippen LogP contribution in [0, 0.1) is 0 Å². The molecule has 0 atom stereocenters. The number of aromatic nitrogens is 4. The van der Waals surface area contributed by atoms with Gasteiger partial charge in [0, 0.05) is 45.3 Å². The number of morpholine rings is 1. The third-order valence-electron chi connectivity index (χ3n) is 4.69. The number of hydrogen-bond acceptors (Lipinski definition) is 8. The number of hydrogen-bond donors (Lipinski definition) is 1. The van der Waals surface area contributed by atoms with Gasteiger partial charge in [-0.15, -0.1) is 0 Å². The Balaban J connectivity index is 1.45. The van der Waals surface area contributed by atoms with E-state index in [-0.39, 0.29) is 10.6 Å². The zero-order chi connectivity index (χ0) is 17.9. The standard InChI is InChI=1S/C16H20ClN7O2/c17-15-12(10-20-21-16(15)25)22-1-3-23(4-2-22)13-9-14(19-11-18-13)24-5-7-26-8-6-24/h9-11H,1-8H2,(H,21,25). The van der Waals surface area contributed by atoms with E-state index in [0.717, 1.165) is 64.1 Å². The summed E-state index contributed by atoms with van der Waals surface area (Å²) in [4.78, 5) is 27.0. The van der Waals surface area contributed by atoms with Gasteiger partial charge in [0.1, 0.15) is 23.0 Å². The molecule has 2 aliphatic heterocycles. The van der Waals surface area contributed by atoms with E-state index in [4.69, 9.17) is 16.3 Å². The van der Waals surface area contributed by atoms with Crippen LogP contribution in [-0.2, 0) is 4.74 Å². The van der Waals surface area contributed by atoms with Gasteiger partial charge >= 0.3 is 0 Å². The van der Waals surface area contributed by atoms with Crippen LogP contribution in [0.1, 0.15) is 0 Å². The summed E-state index contributed by atoms with van der Waals surface area (Å²) in [6, 6.07) is 2.03. The van der Waals surface area contributed by atoms with Crippen LogP contribution in [-0.4, -0.2) is 72.6 Å². The lowest BCUT2D eigenvalue weighted by Gasteiger charge is -2.37. The maximum atomic E-state index is 11.6. The Bertz CT molecular complexity index is 816. The van der Waals surface area contributed by atoms with Gasteiger partial charge in [-0.1, -0.05) is 11.6 Å². The van der Waals surface area contributed by atoms with Crippen LogP contribution < -0.4 is 20.3 Å². The number of nitrogens with zero attached hydrogens (tertiary/aromatic N) is 6. The number of piperazine rings is 1. The van der Waals surface area contributed by atoms with E-state index in [2.05, 4.69) is 34.9 Å². The number of anilines is 3. The van der Waals surface area contributed by atoms with E-state index in [1.807, 2.05) is 6.07 Å². The smallest absolute Gasteiger partial charge is 0.285 e. The van der Waals surface area contributed by atoms with E-state index in [1.165, 1.54) is 0 Å². The fourth-order valence-electron chi connectivity index (χ4n) is 3.25. The Labute approximate surface area is 155 Å². The van der Waals surface area contributed by atoms with Gasteiger partial charge in [-0.3, -0.25) is 4.79 Å². The molecule has 0 radical (unpaired) electrons. The van der Waals surface area contributed by atoms with Crippen molar-refractivity contribution in [3.05, 3.63) is 34.0 Å². The molecule has 0 unspecified atom stereocenters. The lowest BCUT2D eigenvalue weighted by atomic mass is 10.2. The highest BCUT2D eigenvalue weighted by atomic mass is 35.5. The van der Waals surface area contributed by atoms with Crippen molar-refractivity contribution in [3.63, 3.8) is 0 Å². The van der Waals surface area contributed by atoms with Crippen LogP contribution in [0.15, 0.2) is 23.4 Å². The molecule has 4 heterocycles. The first-order chi connectivity index (χ1) is 12.7. The monoisotopic (exact) mass is 377 g/mol. The van der Waals surface area contributed by atoms with Gasteiger partial charge in [-0.05, 0) is 0 Å². The number of nitrogens with one attached hydrogen (secondary N) is 1. The molecule has 2 fully saturated rings. The molecule has 0 spiro atoms. The molecule has 2 aliphatic rings. The van der Waals surface area contributed by atoms with E-state index in [0.29, 0.717) is 5.69 Å². The molecular weight excluding hydrogens is 358 g/mol. The SMILES string of the molecule is O=c1[nH]ncc(N2CCN(c3cc(N4CCOCC4)ncn3)CC2)c1Cl. The molecule has 26 heavy (non-hydrogen) atoms. The number of H-pyrrole nitrogens is 1. The summed E-state index contributed by atoms with van der Waals surface area (Å²) in [7, 11) is 0. The maximum absolute atomic E-state index is 11.6. The molecule has 0 aliphatic carbocycles. The van der Waals surface area contributed by atoms with Crippen LogP contribution in [0.25, 0.3) is 0 Å². The molecule has 10 heteroatoms. The van der Waals surface area contributed by atoms with E-state index in [9.17, 15) is 4.79 Å². The lowest BCUT2D eigenvalue weighted by molar-refractivity contribution is 0.122. The summed E-state index contributed by atoms with van der Waals surface area (Å²) >= 11 is 6.11. The van der Waals surface area contributed by atoms with Crippen LogP contribution in [0.4, 0.5) is 17.3 Å². The van der Waals surface area contributed by atoms with Crippen molar-refractivity contribution < 1.29 is 4.74 Å². The maximum Gasteiger partial charge on any atom is 0.285 e. The van der Waals surface area contributed by atoms with Crippen molar-refractivity contribution in [2.45, 2.75) is 0 Å². The first kappa shape index (κ1) is 17.0. The average Bonchev–Trinajstić information content (AvgIpc) is 2.71. The molecule has 0 amide bonds. The number of halogens is 1. The fraction of sp³-hybridized carbons (Fsp3) is 0.500. The Kier molecular flexibility index (Phi) is 4.89. The molecular formula is C16H20ClN7O2. The van der Waals surface area contributed by atoms with E-state index >= 15 is 0 Å². The zero-order valence-corrected chi connectivity index (χ0v) is 15.0. The predicted octanol–water partition coefficient (Wildman–Crippen LogP) is 0.376. The largest absolute Gasteiger partial charge is 0.378 e. The third-order valence-corrected chi connectivity index (χ3v) is 5.06. The minimum atomic E-state index is -0.363. The fourth-order valence-corrected chi connectivity index (χ4v) is 3.46. The van der Waals surface area contributed by atoms with Crippen molar-refractivity contribution in [3.8, 4) is 0 Å². The normalized spacial score (nSPS) is 18.3. The van der Waals surface area contributed by atoms with Gasteiger partial charge in [-0.2, -0.15) is 5.10 Å². The highest BCUT2D eigenvalue weighted by Crippen LogP contribution is 2.24. The molecule has 0 bridgehead atoms. The second-order valence-electron chi connectivity index (χ2n) is 6.21. The summed E-state index contributed by atoms with van der Waals surface area (Å²) in [5.74, 6) is 1.85. The summed E-state index contributed by atoms with van der Waals surface area (Å²) < 4.78 is 5.40. The highest BCUT2D eigenvalue weighted by Gasteiger charge is 2.22. The zero-order valence-electron chi connectivity index (χ0n) is 14.3. The third kappa shape index (κ3) is 3.45. The Morgan fingerprint density at radius 3 is 2.27 bits per heavy atom. The lowest BCUT2D eigenvalue weighted by Crippen LogP contribution is -2.47. The molecule has 2 saturated heterocycles. The molecule has 138 valence electrons. The van der Waals surface area contributed by atoms with Crippen molar-refractivity contribution >= 4 is 28.9 Å². The molecule has 4 rings (SSSR count). The number of ether oxygens (including phenoxy) is 1.